The summed E-state index contributed by atoms with van der Waals surface area (Å²) in [4.78, 5) is 2.29. The maximum atomic E-state index is 13.3. The van der Waals surface area contributed by atoms with Gasteiger partial charge in [0.25, 0.3) is 0 Å². The van der Waals surface area contributed by atoms with Gasteiger partial charge in [-0.15, -0.1) is 0 Å². The molecule has 2 atom stereocenters. The second-order valence-electron chi connectivity index (χ2n) is 5.79. The predicted molar refractivity (Wildman–Crippen MR) is 84.4 cm³/mol. The molecule has 2 unspecified atom stereocenters. The number of hydrogen-bond acceptors (Lipinski definition) is 2. The first-order valence-electron chi connectivity index (χ1n) is 7.64. The molecule has 0 saturated carbocycles. The summed E-state index contributed by atoms with van der Waals surface area (Å²) in [6.07, 6.45) is 2.38. The average molecular weight is 280 g/mol. The van der Waals surface area contributed by atoms with E-state index in [1.807, 2.05) is 6.07 Å². The number of rotatable bonds is 8. The highest BCUT2D eigenvalue weighted by atomic mass is 19.1. The van der Waals surface area contributed by atoms with Gasteiger partial charge < -0.3 is 10.2 Å². The molecule has 0 heterocycles. The van der Waals surface area contributed by atoms with Crippen LogP contribution in [0.1, 0.15) is 45.2 Å². The summed E-state index contributed by atoms with van der Waals surface area (Å²) in [6.45, 7) is 7.52. The summed E-state index contributed by atoms with van der Waals surface area (Å²) in [5.74, 6) is 0.525. The summed E-state index contributed by atoms with van der Waals surface area (Å²) >= 11 is 0. The normalized spacial score (nSPS) is 14.8. The fourth-order valence-corrected chi connectivity index (χ4v) is 2.80. The standard InChI is InChI=1S/C17H29FN2/c1-6-14(7-2)17(20(4)5)12-19-13(3)15-9-8-10-16(18)11-15/h8-11,13-14,17,19H,6-7,12H2,1-5H3. The van der Waals surface area contributed by atoms with Crippen molar-refractivity contribution in [1.29, 1.82) is 0 Å². The van der Waals surface area contributed by atoms with E-state index in [9.17, 15) is 4.39 Å². The molecule has 0 fully saturated rings. The molecule has 1 aromatic rings. The Bertz CT molecular complexity index is 388. The van der Waals surface area contributed by atoms with Crippen molar-refractivity contribution >= 4 is 0 Å². The Morgan fingerprint density at radius 1 is 1.20 bits per heavy atom. The van der Waals surface area contributed by atoms with Crippen LogP contribution in [0.25, 0.3) is 0 Å². The first-order valence-corrected chi connectivity index (χ1v) is 7.64. The number of nitrogens with one attached hydrogen (secondary N) is 1. The van der Waals surface area contributed by atoms with E-state index in [2.05, 4.69) is 45.1 Å². The number of likely N-dealkylation sites (N-methyl/N-ethyl adjacent to an activating group) is 1. The van der Waals surface area contributed by atoms with Crippen molar-refractivity contribution in [3.05, 3.63) is 35.6 Å². The summed E-state index contributed by atoms with van der Waals surface area (Å²) in [7, 11) is 4.27. The van der Waals surface area contributed by atoms with Gasteiger partial charge in [0.05, 0.1) is 0 Å². The summed E-state index contributed by atoms with van der Waals surface area (Å²) in [5, 5.41) is 3.55. The molecule has 0 aromatic heterocycles. The smallest absolute Gasteiger partial charge is 0.123 e. The zero-order valence-electron chi connectivity index (χ0n) is 13.5. The van der Waals surface area contributed by atoms with E-state index in [0.29, 0.717) is 12.0 Å². The van der Waals surface area contributed by atoms with E-state index in [-0.39, 0.29) is 11.9 Å². The molecule has 0 amide bonds. The minimum atomic E-state index is -0.166. The van der Waals surface area contributed by atoms with Crippen molar-refractivity contribution in [3.8, 4) is 0 Å². The molecule has 0 aliphatic rings. The third-order valence-electron chi connectivity index (χ3n) is 4.24. The lowest BCUT2D eigenvalue weighted by atomic mass is 9.93. The molecule has 2 nitrogen and oxygen atoms in total. The van der Waals surface area contributed by atoms with E-state index < -0.39 is 0 Å². The monoisotopic (exact) mass is 280 g/mol. The Morgan fingerprint density at radius 2 is 1.85 bits per heavy atom. The molecular formula is C17H29FN2. The Hall–Kier alpha value is -0.930. The zero-order valence-corrected chi connectivity index (χ0v) is 13.5. The molecule has 0 aliphatic heterocycles. The molecule has 1 aromatic carbocycles. The van der Waals surface area contributed by atoms with Crippen LogP contribution < -0.4 is 5.32 Å². The maximum Gasteiger partial charge on any atom is 0.123 e. The van der Waals surface area contributed by atoms with Crippen LogP contribution in [0.15, 0.2) is 24.3 Å². The number of nitrogens with zero attached hydrogens (tertiary/aromatic N) is 1. The Balaban J connectivity index is 2.63. The maximum absolute atomic E-state index is 13.3. The number of halogens is 1. The molecule has 0 aliphatic carbocycles. The van der Waals surface area contributed by atoms with Crippen molar-refractivity contribution in [2.45, 2.75) is 45.7 Å². The van der Waals surface area contributed by atoms with E-state index in [1.54, 1.807) is 12.1 Å². The van der Waals surface area contributed by atoms with Gasteiger partial charge in [-0.3, -0.25) is 0 Å². The summed E-state index contributed by atoms with van der Waals surface area (Å²) in [6, 6.07) is 7.53. The lowest BCUT2D eigenvalue weighted by Crippen LogP contribution is -2.43. The summed E-state index contributed by atoms with van der Waals surface area (Å²) < 4.78 is 13.3. The van der Waals surface area contributed by atoms with E-state index in [4.69, 9.17) is 0 Å². The lowest BCUT2D eigenvalue weighted by Gasteiger charge is -2.32. The van der Waals surface area contributed by atoms with Gasteiger partial charge in [0.1, 0.15) is 5.82 Å². The van der Waals surface area contributed by atoms with Crippen LogP contribution in [0.5, 0.6) is 0 Å². The Morgan fingerprint density at radius 3 is 2.35 bits per heavy atom. The molecule has 20 heavy (non-hydrogen) atoms. The molecule has 1 N–H and O–H groups in total. The molecule has 114 valence electrons. The molecule has 0 bridgehead atoms. The third kappa shape index (κ3) is 4.88. The van der Waals surface area contributed by atoms with Crippen LogP contribution >= 0.6 is 0 Å². The van der Waals surface area contributed by atoms with Gasteiger partial charge in [-0.1, -0.05) is 38.8 Å². The van der Waals surface area contributed by atoms with Gasteiger partial charge in [-0.05, 0) is 44.6 Å². The first-order chi connectivity index (χ1) is 9.49. The van der Waals surface area contributed by atoms with Gasteiger partial charge in [-0.25, -0.2) is 4.39 Å². The van der Waals surface area contributed by atoms with Crippen LogP contribution in [0.2, 0.25) is 0 Å². The minimum Gasteiger partial charge on any atom is -0.309 e. The molecule has 3 heteroatoms. The summed E-state index contributed by atoms with van der Waals surface area (Å²) in [5.41, 5.74) is 1.01. The zero-order chi connectivity index (χ0) is 15.1. The molecule has 0 radical (unpaired) electrons. The Labute approximate surface area is 123 Å². The first kappa shape index (κ1) is 17.1. The van der Waals surface area contributed by atoms with Gasteiger partial charge in [0, 0.05) is 18.6 Å². The van der Waals surface area contributed by atoms with Gasteiger partial charge in [0.15, 0.2) is 0 Å². The largest absolute Gasteiger partial charge is 0.309 e. The highest BCUT2D eigenvalue weighted by Gasteiger charge is 2.21. The molecule has 0 saturated heterocycles. The highest BCUT2D eigenvalue weighted by Crippen LogP contribution is 2.18. The fraction of sp³-hybridized carbons (Fsp3) is 0.647. The quantitative estimate of drug-likeness (QED) is 0.778. The van der Waals surface area contributed by atoms with Crippen LogP contribution in [0.3, 0.4) is 0 Å². The van der Waals surface area contributed by atoms with Crippen LogP contribution in [-0.2, 0) is 0 Å². The van der Waals surface area contributed by atoms with Crippen molar-refractivity contribution in [2.24, 2.45) is 5.92 Å². The van der Waals surface area contributed by atoms with E-state index in [1.165, 1.54) is 18.9 Å². The number of benzene rings is 1. The predicted octanol–water partition coefficient (Wildman–Crippen LogP) is 3.84. The minimum absolute atomic E-state index is 0.166. The average Bonchev–Trinajstić information content (AvgIpc) is 2.42. The topological polar surface area (TPSA) is 15.3 Å². The fourth-order valence-electron chi connectivity index (χ4n) is 2.80. The van der Waals surface area contributed by atoms with Gasteiger partial charge >= 0.3 is 0 Å². The molecular weight excluding hydrogens is 251 g/mol. The van der Waals surface area contributed by atoms with Crippen LogP contribution in [0.4, 0.5) is 4.39 Å². The van der Waals surface area contributed by atoms with Crippen LogP contribution in [-0.4, -0.2) is 31.6 Å². The second kappa shape index (κ2) is 8.38. The van der Waals surface area contributed by atoms with Crippen LogP contribution in [0, 0.1) is 11.7 Å². The Kier molecular flexibility index (Phi) is 7.17. The second-order valence-corrected chi connectivity index (χ2v) is 5.79. The highest BCUT2D eigenvalue weighted by molar-refractivity contribution is 5.19. The molecule has 0 spiro atoms. The van der Waals surface area contributed by atoms with E-state index in [0.717, 1.165) is 12.1 Å². The SMILES string of the molecule is CCC(CC)C(CNC(C)c1cccc(F)c1)N(C)C. The lowest BCUT2D eigenvalue weighted by molar-refractivity contribution is 0.190. The molecule has 1 rings (SSSR count). The van der Waals surface area contributed by atoms with Gasteiger partial charge in [0.2, 0.25) is 0 Å². The van der Waals surface area contributed by atoms with Crippen molar-refractivity contribution < 1.29 is 4.39 Å². The third-order valence-corrected chi connectivity index (χ3v) is 4.24. The van der Waals surface area contributed by atoms with Crippen molar-refractivity contribution in [2.75, 3.05) is 20.6 Å². The van der Waals surface area contributed by atoms with Crippen molar-refractivity contribution in [1.82, 2.24) is 10.2 Å². The van der Waals surface area contributed by atoms with E-state index >= 15 is 0 Å². The number of hydrogen-bond donors (Lipinski definition) is 1. The van der Waals surface area contributed by atoms with Gasteiger partial charge in [-0.2, -0.15) is 0 Å². The van der Waals surface area contributed by atoms with Crippen molar-refractivity contribution in [3.63, 3.8) is 0 Å².